The van der Waals surface area contributed by atoms with Crippen LogP contribution in [0.1, 0.15) is 64.5 Å². The zero-order chi connectivity index (χ0) is 21.5. The Bertz CT molecular complexity index is 879. The molecule has 154 valence electrons. The summed E-state index contributed by atoms with van der Waals surface area (Å²) < 4.78 is -0.721. The summed E-state index contributed by atoms with van der Waals surface area (Å²) in [7, 11) is 0. The van der Waals surface area contributed by atoms with E-state index < -0.39 is 15.0 Å². The van der Waals surface area contributed by atoms with Crippen LogP contribution in [0.2, 0.25) is 0 Å². The molecule has 1 heterocycles. The van der Waals surface area contributed by atoms with Gasteiger partial charge in [-0.25, -0.2) is 4.99 Å². The van der Waals surface area contributed by atoms with E-state index in [0.717, 1.165) is 29.9 Å². The van der Waals surface area contributed by atoms with Crippen LogP contribution in [-0.4, -0.2) is 21.5 Å². The van der Waals surface area contributed by atoms with E-state index in [2.05, 4.69) is 71.0 Å². The summed E-state index contributed by atoms with van der Waals surface area (Å²) in [5, 5.41) is 20.7. The molecule has 0 radical (unpaired) electrons. The van der Waals surface area contributed by atoms with Gasteiger partial charge in [0.1, 0.15) is 16.7 Å². The number of thioether (sulfide) groups is 2. The quantitative estimate of drug-likeness (QED) is 0.589. The van der Waals surface area contributed by atoms with Crippen LogP contribution in [0.4, 0.5) is 0 Å². The number of hydrogen-bond acceptors (Lipinski definition) is 6. The number of benzene rings is 1. The van der Waals surface area contributed by atoms with Crippen LogP contribution >= 0.6 is 23.5 Å². The van der Waals surface area contributed by atoms with Crippen LogP contribution in [0.15, 0.2) is 29.3 Å². The van der Waals surface area contributed by atoms with Crippen molar-refractivity contribution in [2.75, 3.05) is 11.5 Å². The molecule has 29 heavy (non-hydrogen) atoms. The lowest BCUT2D eigenvalue weighted by Gasteiger charge is -2.32. The molecule has 1 aliphatic heterocycles. The molecule has 1 aromatic carbocycles. The molecule has 1 fully saturated rings. The minimum Gasteiger partial charge on any atom is -0.386 e. The highest BCUT2D eigenvalue weighted by molar-refractivity contribution is 8.18. The molecule has 2 N–H and O–H groups in total. The van der Waals surface area contributed by atoms with Crippen molar-refractivity contribution in [1.29, 1.82) is 10.5 Å². The first-order valence-electron chi connectivity index (χ1n) is 10.3. The molecular weight excluding hydrogens is 396 g/mol. The summed E-state index contributed by atoms with van der Waals surface area (Å²) in [6.45, 7) is 10.8. The maximum Gasteiger partial charge on any atom is 0.175 e. The number of nitriles is 2. The van der Waals surface area contributed by atoms with Crippen LogP contribution in [0.25, 0.3) is 0 Å². The van der Waals surface area contributed by atoms with Crippen LogP contribution in [-0.2, 0) is 5.41 Å². The Morgan fingerprint density at radius 2 is 1.59 bits per heavy atom. The third kappa shape index (κ3) is 2.91. The highest BCUT2D eigenvalue weighted by atomic mass is 32.2. The number of rotatable bonds is 7. The SMILES string of the molecule is CCCSC1(SCCC)N=C(N)C2(C#N)C(c3ccc(C(C)(C)C)cc3)C12C#N. The molecule has 3 rings (SSSR count). The molecule has 6 heteroatoms. The highest BCUT2D eigenvalue weighted by Gasteiger charge is 2.91. The summed E-state index contributed by atoms with van der Waals surface area (Å²) >= 11 is 3.38. The van der Waals surface area contributed by atoms with E-state index in [4.69, 9.17) is 10.7 Å². The highest BCUT2D eigenvalue weighted by Crippen LogP contribution is 2.85. The molecular formula is C23H30N4S2. The van der Waals surface area contributed by atoms with Crippen molar-refractivity contribution in [3.05, 3.63) is 35.4 Å². The number of amidine groups is 1. The van der Waals surface area contributed by atoms with Crippen LogP contribution in [0.3, 0.4) is 0 Å². The number of nitrogens with zero attached hydrogens (tertiary/aromatic N) is 3. The van der Waals surface area contributed by atoms with Gasteiger partial charge in [-0.15, -0.1) is 23.5 Å². The van der Waals surface area contributed by atoms with E-state index in [0.29, 0.717) is 5.84 Å². The number of hydrogen-bond donors (Lipinski definition) is 1. The predicted molar refractivity (Wildman–Crippen MR) is 124 cm³/mol. The van der Waals surface area contributed by atoms with E-state index in [1.165, 1.54) is 5.56 Å². The van der Waals surface area contributed by atoms with E-state index >= 15 is 0 Å². The predicted octanol–water partition coefficient (Wildman–Crippen LogP) is 5.41. The normalized spacial score (nSPS) is 29.5. The monoisotopic (exact) mass is 426 g/mol. The Kier molecular flexibility index (Phi) is 5.75. The molecule has 4 nitrogen and oxygen atoms in total. The van der Waals surface area contributed by atoms with Crippen LogP contribution in [0, 0.1) is 33.5 Å². The van der Waals surface area contributed by atoms with Crippen molar-refractivity contribution in [3.8, 4) is 12.1 Å². The Labute approximate surface area is 183 Å². The lowest BCUT2D eigenvalue weighted by atomic mass is 9.86. The molecule has 1 saturated carbocycles. The van der Waals surface area contributed by atoms with Gasteiger partial charge < -0.3 is 5.73 Å². The fraction of sp³-hybridized carbons (Fsp3) is 0.609. The lowest BCUT2D eigenvalue weighted by Crippen LogP contribution is -2.32. The Hall–Kier alpha value is -1.63. The summed E-state index contributed by atoms with van der Waals surface area (Å²) in [5.74, 6) is 1.85. The zero-order valence-electron chi connectivity index (χ0n) is 18.0. The van der Waals surface area contributed by atoms with Gasteiger partial charge in [-0.3, -0.25) is 0 Å². The Morgan fingerprint density at radius 3 is 2.00 bits per heavy atom. The minimum absolute atomic E-state index is 0.0516. The third-order valence-corrected chi connectivity index (χ3v) is 9.58. The van der Waals surface area contributed by atoms with Gasteiger partial charge >= 0.3 is 0 Å². The van der Waals surface area contributed by atoms with Gasteiger partial charge in [0.25, 0.3) is 0 Å². The average Bonchev–Trinajstić information content (AvgIpc) is 3.28. The van der Waals surface area contributed by atoms with Gasteiger partial charge in [-0.2, -0.15) is 10.5 Å². The van der Waals surface area contributed by atoms with Gasteiger partial charge in [-0.1, -0.05) is 58.9 Å². The fourth-order valence-corrected chi connectivity index (χ4v) is 7.74. The summed E-state index contributed by atoms with van der Waals surface area (Å²) in [6.07, 6.45) is 1.97. The third-order valence-electron chi connectivity index (χ3n) is 6.04. The summed E-state index contributed by atoms with van der Waals surface area (Å²) in [6, 6.07) is 13.4. The zero-order valence-corrected chi connectivity index (χ0v) is 19.6. The topological polar surface area (TPSA) is 86.0 Å². The molecule has 1 aliphatic carbocycles. The van der Waals surface area contributed by atoms with E-state index in [1.807, 2.05) is 0 Å². The van der Waals surface area contributed by atoms with E-state index in [1.54, 1.807) is 23.5 Å². The molecule has 0 aromatic heterocycles. The van der Waals surface area contributed by atoms with E-state index in [-0.39, 0.29) is 11.3 Å². The molecule has 3 atom stereocenters. The van der Waals surface area contributed by atoms with Gasteiger partial charge in [0.2, 0.25) is 0 Å². The largest absolute Gasteiger partial charge is 0.386 e. The van der Waals surface area contributed by atoms with Crippen molar-refractivity contribution in [1.82, 2.24) is 0 Å². The Balaban J connectivity index is 2.12. The van der Waals surface area contributed by atoms with Gasteiger partial charge in [0.15, 0.2) is 4.20 Å². The Morgan fingerprint density at radius 1 is 1.03 bits per heavy atom. The molecule has 0 saturated heterocycles. The summed E-state index contributed by atoms with van der Waals surface area (Å²) in [5.41, 5.74) is 6.75. The molecule has 0 amide bonds. The maximum absolute atomic E-state index is 10.5. The second-order valence-electron chi connectivity index (χ2n) is 8.92. The second kappa shape index (κ2) is 7.56. The average molecular weight is 427 g/mol. The number of aliphatic imine (C=N–C) groups is 1. The van der Waals surface area contributed by atoms with Gasteiger partial charge in [-0.05, 0) is 40.9 Å². The van der Waals surface area contributed by atoms with Crippen LogP contribution in [0.5, 0.6) is 0 Å². The first-order valence-corrected chi connectivity index (χ1v) is 12.2. The van der Waals surface area contributed by atoms with Gasteiger partial charge in [0.05, 0.1) is 12.1 Å². The summed E-state index contributed by atoms with van der Waals surface area (Å²) in [4.78, 5) is 4.82. The van der Waals surface area contributed by atoms with Crippen molar-refractivity contribution >= 4 is 29.4 Å². The molecule has 2 aliphatic rings. The fourth-order valence-electron chi connectivity index (χ4n) is 4.51. The van der Waals surface area contributed by atoms with Crippen molar-refractivity contribution < 1.29 is 0 Å². The first-order chi connectivity index (χ1) is 13.7. The molecule has 0 spiro atoms. The molecule has 3 unspecified atom stereocenters. The first kappa shape index (κ1) is 22.1. The van der Waals surface area contributed by atoms with E-state index in [9.17, 15) is 10.5 Å². The second-order valence-corrected chi connectivity index (χ2v) is 11.8. The minimum atomic E-state index is -1.04. The standard InChI is InChI=1S/C23H30N4S2/c1-6-12-28-23(29-13-7-2)22(15-25)18(21(22,14-24)19(26)27-23)16-8-10-17(11-9-16)20(3,4)5/h8-11,18H,6-7,12-13H2,1-5H3,(H2,26,27). The van der Waals surface area contributed by atoms with Gasteiger partial charge in [0, 0.05) is 5.92 Å². The molecule has 0 bridgehead atoms. The maximum atomic E-state index is 10.5. The van der Waals surface area contributed by atoms with Crippen molar-refractivity contribution in [2.45, 2.75) is 63.0 Å². The van der Waals surface area contributed by atoms with Crippen molar-refractivity contribution in [2.24, 2.45) is 21.6 Å². The lowest BCUT2D eigenvalue weighted by molar-refractivity contribution is 0.562. The smallest absolute Gasteiger partial charge is 0.175 e. The van der Waals surface area contributed by atoms with Crippen molar-refractivity contribution in [3.63, 3.8) is 0 Å². The number of nitrogens with two attached hydrogens (primary N) is 1. The number of fused-ring (bicyclic) bond motifs is 1. The molecule has 1 aromatic rings. The van der Waals surface area contributed by atoms with Crippen LogP contribution < -0.4 is 5.73 Å².